The summed E-state index contributed by atoms with van der Waals surface area (Å²) < 4.78 is 0. The van der Waals surface area contributed by atoms with Crippen LogP contribution in [0.25, 0.3) is 0 Å². The van der Waals surface area contributed by atoms with E-state index in [-0.39, 0.29) is 12.0 Å². The lowest BCUT2D eigenvalue weighted by Crippen LogP contribution is -2.34. The number of carbonyl (C=O) groups is 1. The van der Waals surface area contributed by atoms with Crippen molar-refractivity contribution < 1.29 is 9.90 Å². The van der Waals surface area contributed by atoms with Crippen molar-refractivity contribution in [2.75, 3.05) is 6.54 Å². The van der Waals surface area contributed by atoms with Gasteiger partial charge in [0.2, 0.25) is 0 Å². The van der Waals surface area contributed by atoms with Crippen LogP contribution in [-0.4, -0.2) is 39.6 Å². The topological polar surface area (TPSA) is 53.4 Å². The molecule has 98 valence electrons. The van der Waals surface area contributed by atoms with E-state index < -0.39 is 5.97 Å². The highest BCUT2D eigenvalue weighted by Gasteiger charge is 2.48. The Morgan fingerprint density at radius 1 is 1.61 bits per heavy atom. The van der Waals surface area contributed by atoms with Gasteiger partial charge in [0, 0.05) is 23.5 Å². The molecule has 5 heteroatoms. The molecule has 2 bridgehead atoms. The molecule has 2 aliphatic rings. The fourth-order valence-electron chi connectivity index (χ4n) is 3.51. The van der Waals surface area contributed by atoms with Crippen LogP contribution in [0.4, 0.5) is 0 Å². The Bertz CT molecular complexity index is 460. The van der Waals surface area contributed by atoms with Gasteiger partial charge in [-0.15, -0.1) is 11.3 Å². The molecule has 3 atom stereocenters. The lowest BCUT2D eigenvalue weighted by Gasteiger charge is -2.22. The average Bonchev–Trinajstić information content (AvgIpc) is 3.01. The summed E-state index contributed by atoms with van der Waals surface area (Å²) in [6.07, 6.45) is 4.09. The first-order valence-corrected chi connectivity index (χ1v) is 7.42. The van der Waals surface area contributed by atoms with Gasteiger partial charge in [0.1, 0.15) is 0 Å². The molecule has 18 heavy (non-hydrogen) atoms. The smallest absolute Gasteiger partial charge is 0.308 e. The van der Waals surface area contributed by atoms with Gasteiger partial charge in [0.15, 0.2) is 0 Å². The maximum atomic E-state index is 11.2. The molecule has 1 N–H and O–H groups in total. The number of rotatable bonds is 4. The quantitative estimate of drug-likeness (QED) is 0.904. The van der Waals surface area contributed by atoms with Gasteiger partial charge in [-0.2, -0.15) is 0 Å². The van der Waals surface area contributed by atoms with E-state index in [4.69, 9.17) is 0 Å². The van der Waals surface area contributed by atoms with Crippen molar-refractivity contribution in [1.82, 2.24) is 9.88 Å². The zero-order valence-corrected chi connectivity index (χ0v) is 11.3. The molecule has 0 spiro atoms. The predicted molar refractivity (Wildman–Crippen MR) is 69.8 cm³/mol. The summed E-state index contributed by atoms with van der Waals surface area (Å²) in [5, 5.41) is 9.21. The second kappa shape index (κ2) is 4.63. The number of carboxylic acid groups (broad SMARTS) is 1. The lowest BCUT2D eigenvalue weighted by molar-refractivity contribution is -0.142. The van der Waals surface area contributed by atoms with Crippen LogP contribution in [-0.2, 0) is 11.2 Å². The van der Waals surface area contributed by atoms with E-state index in [2.05, 4.69) is 9.88 Å². The van der Waals surface area contributed by atoms with E-state index >= 15 is 0 Å². The SMILES string of the molecule is Cc1ncsc1CCN1C2CCC1C(C(=O)O)C2. The van der Waals surface area contributed by atoms with Crippen molar-refractivity contribution in [3.63, 3.8) is 0 Å². The second-order valence-corrected chi connectivity index (χ2v) is 6.27. The third-order valence-electron chi connectivity index (χ3n) is 4.44. The highest BCUT2D eigenvalue weighted by atomic mass is 32.1. The number of hydrogen-bond acceptors (Lipinski definition) is 4. The van der Waals surface area contributed by atoms with Crippen LogP contribution in [0.2, 0.25) is 0 Å². The number of carboxylic acids is 1. The Hall–Kier alpha value is -0.940. The van der Waals surface area contributed by atoms with Crippen molar-refractivity contribution in [3.05, 3.63) is 16.1 Å². The van der Waals surface area contributed by atoms with Crippen LogP contribution < -0.4 is 0 Å². The van der Waals surface area contributed by atoms with E-state index in [1.165, 1.54) is 11.3 Å². The van der Waals surface area contributed by atoms with E-state index in [0.29, 0.717) is 6.04 Å². The molecular weight excluding hydrogens is 248 g/mol. The van der Waals surface area contributed by atoms with Gasteiger partial charge in [-0.05, 0) is 32.6 Å². The Morgan fingerprint density at radius 3 is 3.06 bits per heavy atom. The summed E-state index contributed by atoms with van der Waals surface area (Å²) in [5.74, 6) is -0.743. The number of aromatic nitrogens is 1. The van der Waals surface area contributed by atoms with Crippen molar-refractivity contribution in [3.8, 4) is 0 Å². The third kappa shape index (κ3) is 1.95. The zero-order chi connectivity index (χ0) is 12.7. The Labute approximate surface area is 111 Å². The highest BCUT2D eigenvalue weighted by Crippen LogP contribution is 2.41. The van der Waals surface area contributed by atoms with Crippen LogP contribution in [0.15, 0.2) is 5.51 Å². The first-order chi connectivity index (χ1) is 8.66. The molecule has 2 aliphatic heterocycles. The van der Waals surface area contributed by atoms with E-state index in [0.717, 1.165) is 31.5 Å². The monoisotopic (exact) mass is 266 g/mol. The molecule has 0 radical (unpaired) electrons. The predicted octanol–water partition coefficient (Wildman–Crippen LogP) is 1.93. The van der Waals surface area contributed by atoms with Gasteiger partial charge in [0.05, 0.1) is 17.1 Å². The Balaban J connectivity index is 1.64. The fourth-order valence-corrected chi connectivity index (χ4v) is 4.28. The van der Waals surface area contributed by atoms with Crippen molar-refractivity contribution in [1.29, 1.82) is 0 Å². The average molecular weight is 266 g/mol. The number of hydrogen-bond donors (Lipinski definition) is 1. The van der Waals surface area contributed by atoms with Crippen LogP contribution in [0.3, 0.4) is 0 Å². The summed E-state index contributed by atoms with van der Waals surface area (Å²) >= 11 is 1.71. The lowest BCUT2D eigenvalue weighted by atomic mass is 9.89. The summed E-state index contributed by atoms with van der Waals surface area (Å²) in [5.41, 5.74) is 3.02. The van der Waals surface area contributed by atoms with Crippen LogP contribution >= 0.6 is 11.3 Å². The molecular formula is C13H18N2O2S. The van der Waals surface area contributed by atoms with Crippen molar-refractivity contribution in [2.45, 2.75) is 44.7 Å². The molecule has 3 unspecified atom stereocenters. The number of fused-ring (bicyclic) bond motifs is 2. The van der Waals surface area contributed by atoms with Crippen LogP contribution in [0.5, 0.6) is 0 Å². The molecule has 4 nitrogen and oxygen atoms in total. The second-order valence-electron chi connectivity index (χ2n) is 5.33. The fraction of sp³-hybridized carbons (Fsp3) is 0.692. The Morgan fingerprint density at radius 2 is 2.44 bits per heavy atom. The molecule has 3 heterocycles. The maximum absolute atomic E-state index is 11.2. The number of aryl methyl sites for hydroxylation is 1. The minimum atomic E-state index is -0.610. The van der Waals surface area contributed by atoms with E-state index in [1.54, 1.807) is 11.3 Å². The van der Waals surface area contributed by atoms with Crippen molar-refractivity contribution >= 4 is 17.3 Å². The summed E-state index contributed by atoms with van der Waals surface area (Å²) in [6, 6.07) is 0.782. The first-order valence-electron chi connectivity index (χ1n) is 6.54. The van der Waals surface area contributed by atoms with Crippen molar-refractivity contribution in [2.24, 2.45) is 5.92 Å². The van der Waals surface area contributed by atoms with Gasteiger partial charge in [-0.1, -0.05) is 0 Å². The minimum Gasteiger partial charge on any atom is -0.481 e. The van der Waals surface area contributed by atoms with E-state index in [1.807, 2.05) is 12.4 Å². The molecule has 1 aromatic heterocycles. The Kier molecular flexibility index (Phi) is 3.11. The van der Waals surface area contributed by atoms with Crippen LogP contribution in [0.1, 0.15) is 29.8 Å². The normalized spacial score (nSPS) is 31.1. The highest BCUT2D eigenvalue weighted by molar-refractivity contribution is 7.09. The molecule has 0 aromatic carbocycles. The molecule has 0 aliphatic carbocycles. The molecule has 1 aromatic rings. The number of thiazole rings is 1. The van der Waals surface area contributed by atoms with Gasteiger partial charge < -0.3 is 5.11 Å². The molecule has 2 saturated heterocycles. The first kappa shape index (κ1) is 12.1. The van der Waals surface area contributed by atoms with Gasteiger partial charge in [0.25, 0.3) is 0 Å². The largest absolute Gasteiger partial charge is 0.481 e. The number of aliphatic carboxylic acids is 1. The minimum absolute atomic E-state index is 0.133. The molecule has 0 saturated carbocycles. The third-order valence-corrected chi connectivity index (χ3v) is 5.44. The summed E-state index contributed by atoms with van der Waals surface area (Å²) in [6.45, 7) is 3.03. The molecule has 0 amide bonds. The summed E-state index contributed by atoms with van der Waals surface area (Å²) in [4.78, 5) is 19.2. The van der Waals surface area contributed by atoms with E-state index in [9.17, 15) is 9.90 Å². The van der Waals surface area contributed by atoms with Gasteiger partial charge in [-0.3, -0.25) is 9.69 Å². The van der Waals surface area contributed by atoms with Gasteiger partial charge >= 0.3 is 5.97 Å². The van der Waals surface area contributed by atoms with Crippen LogP contribution in [0, 0.1) is 12.8 Å². The number of nitrogens with zero attached hydrogens (tertiary/aromatic N) is 2. The summed E-state index contributed by atoms with van der Waals surface area (Å²) in [7, 11) is 0. The standard InChI is InChI=1S/C13H18N2O2S/c1-8-12(18-7-14-8)4-5-15-9-2-3-11(15)10(6-9)13(16)17/h7,9-11H,2-6H2,1H3,(H,16,17). The molecule has 3 rings (SSSR count). The maximum Gasteiger partial charge on any atom is 0.308 e. The molecule has 2 fully saturated rings. The zero-order valence-electron chi connectivity index (χ0n) is 10.5. The van der Waals surface area contributed by atoms with Gasteiger partial charge in [-0.25, -0.2) is 4.98 Å².